The normalized spacial score (nSPS) is 25.7. The van der Waals surface area contributed by atoms with Gasteiger partial charge in [-0.15, -0.1) is 0 Å². The summed E-state index contributed by atoms with van der Waals surface area (Å²) in [4.78, 5) is 12.2. The number of hydrogen-bond acceptors (Lipinski definition) is 4. The summed E-state index contributed by atoms with van der Waals surface area (Å²) in [6.45, 7) is 10.1. The minimum absolute atomic E-state index is 0.258. The zero-order valence-electron chi connectivity index (χ0n) is 12.1. The first kappa shape index (κ1) is 18.5. The molecule has 0 radical (unpaired) electrons. The van der Waals surface area contributed by atoms with Crippen LogP contribution in [0.1, 0.15) is 13.3 Å². The first-order chi connectivity index (χ1) is 9.92. The third-order valence-electron chi connectivity index (χ3n) is 3.54. The van der Waals surface area contributed by atoms with Crippen molar-refractivity contribution in [3.05, 3.63) is 33.4 Å². The molecule has 2 N–H and O–H groups in total. The van der Waals surface area contributed by atoms with Gasteiger partial charge in [-0.1, -0.05) is 50.0 Å². The molecule has 21 heavy (non-hydrogen) atoms. The molecule has 118 valence electrons. The second kappa shape index (κ2) is 8.22. The van der Waals surface area contributed by atoms with Crippen LogP contribution in [-0.4, -0.2) is 40.9 Å². The summed E-state index contributed by atoms with van der Waals surface area (Å²) in [5.74, 6) is -0.713. The molecule has 1 aliphatic heterocycles. The molecule has 1 saturated heterocycles. The summed E-state index contributed by atoms with van der Waals surface area (Å²) < 4.78 is 9.75. The number of esters is 1. The van der Waals surface area contributed by atoms with Crippen LogP contribution in [0.2, 0.25) is 0 Å². The van der Waals surface area contributed by atoms with Gasteiger partial charge in [-0.05, 0) is 31.5 Å². The van der Waals surface area contributed by atoms with Crippen LogP contribution in [0.3, 0.4) is 0 Å². The van der Waals surface area contributed by atoms with E-state index < -0.39 is 32.2 Å². The van der Waals surface area contributed by atoms with E-state index in [0.29, 0.717) is 23.6 Å². The minimum Gasteiger partial charge on any atom is -0.465 e. The van der Waals surface area contributed by atoms with Crippen molar-refractivity contribution in [3.8, 4) is 0 Å². The number of aliphatic hydroxyl groups is 1. The maximum Gasteiger partial charge on any atom is 0.329 e. The molecule has 1 heterocycles. The second-order valence-electron chi connectivity index (χ2n) is 4.72. The Balaban J connectivity index is 3.04. The maximum absolute atomic E-state index is 12.2. The molecule has 0 spiro atoms. The van der Waals surface area contributed by atoms with Gasteiger partial charge >= 0.3 is 5.97 Å². The lowest BCUT2D eigenvalue weighted by molar-refractivity contribution is -0.153. The molecule has 1 aliphatic rings. The third-order valence-corrected chi connectivity index (χ3v) is 5.70. The van der Waals surface area contributed by atoms with Crippen LogP contribution < -0.4 is 5.32 Å². The number of halogens is 2. The molecule has 6 heteroatoms. The van der Waals surface area contributed by atoms with Gasteiger partial charge in [0.1, 0.15) is 5.54 Å². The highest BCUT2D eigenvalue weighted by atomic mass is 127. The largest absolute Gasteiger partial charge is 0.465 e. The van der Waals surface area contributed by atoms with Crippen molar-refractivity contribution in [1.29, 1.82) is 0 Å². The van der Waals surface area contributed by atoms with Gasteiger partial charge in [-0.2, -0.15) is 0 Å². The molecule has 0 aromatic carbocycles. The highest BCUT2D eigenvalue weighted by Gasteiger charge is 2.50. The fourth-order valence-corrected chi connectivity index (χ4v) is 3.42. The van der Waals surface area contributed by atoms with Gasteiger partial charge in [0.05, 0.1) is 18.2 Å². The van der Waals surface area contributed by atoms with E-state index in [1.807, 2.05) is 0 Å². The standard InChI is InChI=1S/C15H21ClINO3/c1-5-21-14(20)15(9-19)12(6-7-18-15)10(2)8-13(16)11(3)17-4/h8,12,18-19H,2-7,9H2,1H3/b13-8+/t12-,15-/m1/s1. The molecule has 1 fully saturated rings. The monoisotopic (exact) mass is 425 g/mol. The van der Waals surface area contributed by atoms with Crippen molar-refractivity contribution < 1.29 is 14.6 Å². The Morgan fingerprint density at radius 3 is 2.81 bits per heavy atom. The summed E-state index contributed by atoms with van der Waals surface area (Å²) in [5, 5.41) is 13.3. The Hall–Kier alpha value is -0.500. The van der Waals surface area contributed by atoms with Crippen LogP contribution in [0, 0.1) is 5.92 Å². The van der Waals surface area contributed by atoms with E-state index >= 15 is 0 Å². The van der Waals surface area contributed by atoms with E-state index in [9.17, 15) is 9.90 Å². The van der Waals surface area contributed by atoms with Gasteiger partial charge in [-0.25, -0.2) is 4.79 Å². The number of aliphatic hydroxyl groups excluding tert-OH is 1. The summed E-state index contributed by atoms with van der Waals surface area (Å²) in [7, 11) is 0. The van der Waals surface area contributed by atoms with E-state index in [4.69, 9.17) is 16.3 Å². The summed E-state index contributed by atoms with van der Waals surface area (Å²) in [5.41, 5.74) is -0.451. The Morgan fingerprint density at radius 2 is 2.29 bits per heavy atom. The van der Waals surface area contributed by atoms with Crippen LogP contribution in [0.4, 0.5) is 0 Å². The van der Waals surface area contributed by atoms with Gasteiger partial charge in [0.2, 0.25) is 0 Å². The van der Waals surface area contributed by atoms with Crippen LogP contribution in [0.5, 0.6) is 0 Å². The molecule has 1 rings (SSSR count). The van der Waals surface area contributed by atoms with E-state index in [2.05, 4.69) is 23.0 Å². The molecular weight excluding hydrogens is 405 g/mol. The van der Waals surface area contributed by atoms with Crippen LogP contribution in [-0.2, 0) is 9.53 Å². The Labute approximate surface area is 140 Å². The fraction of sp³-hybridized carbons (Fsp3) is 0.467. The number of rotatable bonds is 7. The zero-order chi connectivity index (χ0) is 16.0. The number of hydrogen-bond donors (Lipinski definition) is 2. The average Bonchev–Trinajstić information content (AvgIpc) is 2.91. The number of allylic oxidation sites excluding steroid dienone is 3. The zero-order valence-corrected chi connectivity index (χ0v) is 15.0. The van der Waals surface area contributed by atoms with E-state index in [1.54, 1.807) is 13.0 Å². The quantitative estimate of drug-likeness (QED) is 0.374. The molecule has 0 unspecified atom stereocenters. The molecule has 0 amide bonds. The van der Waals surface area contributed by atoms with Crippen molar-refractivity contribution in [2.45, 2.75) is 18.9 Å². The van der Waals surface area contributed by atoms with Gasteiger partial charge < -0.3 is 9.84 Å². The van der Waals surface area contributed by atoms with Gasteiger partial charge in [0, 0.05) is 9.50 Å². The van der Waals surface area contributed by atoms with Crippen molar-refractivity contribution in [2.75, 3.05) is 19.8 Å². The average molecular weight is 426 g/mol. The summed E-state index contributed by atoms with van der Waals surface area (Å²) in [6.07, 6.45) is 2.40. The van der Waals surface area contributed by atoms with Crippen molar-refractivity contribution >= 4 is 42.8 Å². The molecular formula is C15H21ClINO3. The van der Waals surface area contributed by atoms with Crippen molar-refractivity contribution in [3.63, 3.8) is 0 Å². The highest BCUT2D eigenvalue weighted by molar-refractivity contribution is 14.2. The van der Waals surface area contributed by atoms with Gasteiger partial charge in [0.25, 0.3) is 0 Å². The first-order valence-electron chi connectivity index (χ1n) is 6.59. The minimum atomic E-state index is -1.14. The van der Waals surface area contributed by atoms with Crippen LogP contribution in [0.25, 0.3) is 0 Å². The number of ether oxygens (including phenoxy) is 1. The Kier molecular flexibility index (Phi) is 7.26. The van der Waals surface area contributed by atoms with E-state index in [-0.39, 0.29) is 19.1 Å². The van der Waals surface area contributed by atoms with Crippen molar-refractivity contribution in [2.24, 2.45) is 5.92 Å². The Bertz CT molecular complexity index is 489. The fourth-order valence-electron chi connectivity index (χ4n) is 2.42. The number of carbonyl (C=O) groups is 1. The molecule has 2 atom stereocenters. The molecule has 0 aromatic heterocycles. The maximum atomic E-state index is 12.2. The third kappa shape index (κ3) is 4.03. The SMILES string of the molecule is C=IC(=C)/C(Cl)=C\C(=C)[C@H]1CCN[C@@]1(CO)C(=O)OCC. The number of carbonyl (C=O) groups excluding carboxylic acids is 1. The highest BCUT2D eigenvalue weighted by Crippen LogP contribution is 2.36. The topological polar surface area (TPSA) is 58.6 Å². The van der Waals surface area contributed by atoms with E-state index in [0.717, 1.165) is 3.58 Å². The molecule has 0 aliphatic carbocycles. The molecule has 4 nitrogen and oxygen atoms in total. The van der Waals surface area contributed by atoms with Gasteiger partial charge in [-0.3, -0.25) is 5.32 Å². The second-order valence-corrected chi connectivity index (χ2v) is 7.20. The lowest BCUT2D eigenvalue weighted by Gasteiger charge is -2.31. The predicted molar refractivity (Wildman–Crippen MR) is 95.9 cm³/mol. The summed E-state index contributed by atoms with van der Waals surface area (Å²) in [6, 6.07) is 0. The number of nitrogens with one attached hydrogen (secondary N) is 1. The van der Waals surface area contributed by atoms with Crippen LogP contribution in [0.15, 0.2) is 33.4 Å². The van der Waals surface area contributed by atoms with Crippen LogP contribution >= 0.6 is 32.3 Å². The Morgan fingerprint density at radius 1 is 1.62 bits per heavy atom. The smallest absolute Gasteiger partial charge is 0.329 e. The first-order valence-corrected chi connectivity index (χ1v) is 9.57. The lowest BCUT2D eigenvalue weighted by atomic mass is 9.81. The van der Waals surface area contributed by atoms with E-state index in [1.165, 1.54) is 0 Å². The summed E-state index contributed by atoms with van der Waals surface area (Å²) >= 11 is 5.74. The van der Waals surface area contributed by atoms with Gasteiger partial charge in [0.15, 0.2) is 0 Å². The molecule has 0 bridgehead atoms. The van der Waals surface area contributed by atoms with Crippen molar-refractivity contribution in [1.82, 2.24) is 5.32 Å². The molecule has 0 aromatic rings. The predicted octanol–water partition coefficient (Wildman–Crippen LogP) is 2.49. The molecule has 0 saturated carbocycles. The lowest BCUT2D eigenvalue weighted by Crippen LogP contribution is -2.56.